The first-order valence-corrected chi connectivity index (χ1v) is 9.67. The molecule has 3 rings (SSSR count). The van der Waals surface area contributed by atoms with Crippen molar-refractivity contribution in [3.8, 4) is 5.75 Å². The average molecular weight is 556 g/mol. The smallest absolute Gasteiger partial charge is 0.244 e. The van der Waals surface area contributed by atoms with E-state index in [-0.39, 0.29) is 18.1 Å². The van der Waals surface area contributed by atoms with E-state index in [1.54, 1.807) is 6.07 Å². The molecule has 0 spiro atoms. The van der Waals surface area contributed by atoms with Crippen molar-refractivity contribution in [2.24, 2.45) is 5.10 Å². The van der Waals surface area contributed by atoms with Gasteiger partial charge in [-0.2, -0.15) is 5.10 Å². The van der Waals surface area contributed by atoms with Crippen LogP contribution in [-0.2, 0) is 11.2 Å². The zero-order valence-electron chi connectivity index (χ0n) is 13.0. The van der Waals surface area contributed by atoms with E-state index in [1.807, 2.05) is 48.5 Å². The van der Waals surface area contributed by atoms with Gasteiger partial charge in [0.1, 0.15) is 5.75 Å². The first-order valence-electron chi connectivity index (χ1n) is 7.51. The number of benzene rings is 3. The summed E-state index contributed by atoms with van der Waals surface area (Å²) in [5.74, 6) is -0.0412. The highest BCUT2D eigenvalue weighted by Crippen LogP contribution is 2.25. The summed E-state index contributed by atoms with van der Waals surface area (Å²) in [6, 6.07) is 17.6. The van der Waals surface area contributed by atoms with Crippen LogP contribution in [0.3, 0.4) is 0 Å². The Morgan fingerprint density at radius 2 is 1.88 bits per heavy atom. The number of rotatable bonds is 4. The minimum atomic E-state index is -0.201. The SMILES string of the molecule is O=C(Cc1cccc2ccccc12)NN=Cc1cc(I)cc(I)c1O. The number of phenolic OH excluding ortho intramolecular Hbond substituents is 1. The number of hydrazone groups is 1. The Morgan fingerprint density at radius 3 is 2.72 bits per heavy atom. The summed E-state index contributed by atoms with van der Waals surface area (Å²) in [5.41, 5.74) is 4.05. The fourth-order valence-corrected chi connectivity index (χ4v) is 4.41. The highest BCUT2D eigenvalue weighted by atomic mass is 127. The summed E-state index contributed by atoms with van der Waals surface area (Å²) in [5, 5.41) is 16.2. The zero-order chi connectivity index (χ0) is 17.8. The Hall–Kier alpha value is -1.68. The first kappa shape index (κ1) is 18.1. The van der Waals surface area contributed by atoms with Crippen molar-refractivity contribution in [3.05, 3.63) is 72.9 Å². The molecular weight excluding hydrogens is 542 g/mol. The number of nitrogens with zero attached hydrogens (tertiary/aromatic N) is 1. The summed E-state index contributed by atoms with van der Waals surface area (Å²) in [6.45, 7) is 0. The van der Waals surface area contributed by atoms with Crippen LogP contribution in [0, 0.1) is 7.14 Å². The molecule has 0 radical (unpaired) electrons. The van der Waals surface area contributed by atoms with Crippen LogP contribution in [0.5, 0.6) is 5.75 Å². The summed E-state index contributed by atoms with van der Waals surface area (Å²) in [4.78, 5) is 12.2. The third-order valence-electron chi connectivity index (χ3n) is 3.68. The lowest BCUT2D eigenvalue weighted by Crippen LogP contribution is -2.19. The summed E-state index contributed by atoms with van der Waals surface area (Å²) < 4.78 is 1.73. The maximum absolute atomic E-state index is 12.2. The van der Waals surface area contributed by atoms with Gasteiger partial charge in [0, 0.05) is 9.13 Å². The van der Waals surface area contributed by atoms with Crippen LogP contribution < -0.4 is 5.43 Å². The van der Waals surface area contributed by atoms with Gasteiger partial charge < -0.3 is 5.11 Å². The number of carbonyl (C=O) groups excluding carboxylic acids is 1. The van der Waals surface area contributed by atoms with E-state index in [1.165, 1.54) is 6.21 Å². The largest absolute Gasteiger partial charge is 0.506 e. The molecule has 0 atom stereocenters. The predicted octanol–water partition coefficient (Wildman–Crippen LogP) is 4.45. The molecule has 0 fully saturated rings. The highest BCUT2D eigenvalue weighted by Gasteiger charge is 2.07. The molecule has 0 aromatic heterocycles. The lowest BCUT2D eigenvalue weighted by Gasteiger charge is -2.06. The number of halogens is 2. The van der Waals surface area contributed by atoms with E-state index in [2.05, 4.69) is 55.7 Å². The van der Waals surface area contributed by atoms with Crippen molar-refractivity contribution in [3.63, 3.8) is 0 Å². The molecule has 1 amide bonds. The van der Waals surface area contributed by atoms with E-state index in [9.17, 15) is 9.90 Å². The molecule has 25 heavy (non-hydrogen) atoms. The lowest BCUT2D eigenvalue weighted by molar-refractivity contribution is -0.120. The Kier molecular flexibility index (Phi) is 5.89. The van der Waals surface area contributed by atoms with Crippen LogP contribution in [0.25, 0.3) is 10.8 Å². The molecule has 0 aliphatic heterocycles. The molecule has 4 nitrogen and oxygen atoms in total. The molecule has 0 saturated heterocycles. The Labute approximate surface area is 172 Å². The van der Waals surface area contributed by atoms with Gasteiger partial charge in [-0.15, -0.1) is 0 Å². The van der Waals surface area contributed by atoms with E-state index < -0.39 is 0 Å². The Balaban J connectivity index is 1.71. The van der Waals surface area contributed by atoms with Crippen LogP contribution >= 0.6 is 45.2 Å². The molecule has 0 saturated carbocycles. The zero-order valence-corrected chi connectivity index (χ0v) is 17.4. The van der Waals surface area contributed by atoms with E-state index >= 15 is 0 Å². The van der Waals surface area contributed by atoms with Crippen molar-refractivity contribution in [2.45, 2.75) is 6.42 Å². The topological polar surface area (TPSA) is 61.7 Å². The summed E-state index contributed by atoms with van der Waals surface area (Å²) >= 11 is 4.23. The van der Waals surface area contributed by atoms with E-state index in [0.717, 1.165) is 23.5 Å². The van der Waals surface area contributed by atoms with Crippen molar-refractivity contribution >= 4 is 68.1 Å². The molecule has 6 heteroatoms. The number of aromatic hydroxyl groups is 1. The van der Waals surface area contributed by atoms with Crippen LogP contribution in [0.15, 0.2) is 59.7 Å². The first-order chi connectivity index (χ1) is 12.0. The van der Waals surface area contributed by atoms with Gasteiger partial charge in [-0.05, 0) is 73.7 Å². The highest BCUT2D eigenvalue weighted by molar-refractivity contribution is 14.1. The molecule has 3 aromatic carbocycles. The Bertz CT molecular complexity index is 966. The quantitative estimate of drug-likeness (QED) is 0.284. The number of amides is 1. The van der Waals surface area contributed by atoms with Gasteiger partial charge in [0.05, 0.1) is 16.2 Å². The third kappa shape index (κ3) is 4.49. The number of fused-ring (bicyclic) bond motifs is 1. The van der Waals surface area contributed by atoms with Gasteiger partial charge in [-0.25, -0.2) is 5.43 Å². The molecular formula is C19H14I2N2O2. The molecule has 0 aliphatic carbocycles. The molecule has 0 aliphatic rings. The lowest BCUT2D eigenvalue weighted by atomic mass is 10.0. The Morgan fingerprint density at radius 1 is 1.12 bits per heavy atom. The fourth-order valence-electron chi connectivity index (χ4n) is 2.52. The molecule has 2 N–H and O–H groups in total. The minimum absolute atomic E-state index is 0.160. The maximum Gasteiger partial charge on any atom is 0.244 e. The van der Waals surface area contributed by atoms with Crippen molar-refractivity contribution < 1.29 is 9.90 Å². The molecule has 0 unspecified atom stereocenters. The monoisotopic (exact) mass is 556 g/mol. The maximum atomic E-state index is 12.2. The second-order valence-corrected chi connectivity index (χ2v) is 7.84. The van der Waals surface area contributed by atoms with Gasteiger partial charge in [-0.1, -0.05) is 42.5 Å². The summed E-state index contributed by atoms with van der Waals surface area (Å²) in [6.07, 6.45) is 1.70. The number of hydrogen-bond donors (Lipinski definition) is 2. The number of hydrogen-bond acceptors (Lipinski definition) is 3. The van der Waals surface area contributed by atoms with Crippen molar-refractivity contribution in [1.82, 2.24) is 5.43 Å². The standard InChI is InChI=1S/C19H14I2N2O2/c20-15-8-14(19(25)17(21)10-15)11-22-23-18(24)9-13-6-3-5-12-4-1-2-7-16(12)13/h1-8,10-11,25H,9H2,(H,23,24). The fraction of sp³-hybridized carbons (Fsp3) is 0.0526. The van der Waals surface area contributed by atoms with E-state index in [4.69, 9.17) is 0 Å². The van der Waals surface area contributed by atoms with Crippen molar-refractivity contribution in [2.75, 3.05) is 0 Å². The van der Waals surface area contributed by atoms with Gasteiger partial charge >= 0.3 is 0 Å². The molecule has 3 aromatic rings. The van der Waals surface area contributed by atoms with Crippen LogP contribution in [0.2, 0.25) is 0 Å². The van der Waals surface area contributed by atoms with Crippen LogP contribution in [-0.4, -0.2) is 17.2 Å². The van der Waals surface area contributed by atoms with Crippen LogP contribution in [0.1, 0.15) is 11.1 Å². The average Bonchev–Trinajstić information content (AvgIpc) is 2.59. The molecule has 0 bridgehead atoms. The van der Waals surface area contributed by atoms with Crippen LogP contribution in [0.4, 0.5) is 0 Å². The van der Waals surface area contributed by atoms with Gasteiger partial charge in [0.15, 0.2) is 0 Å². The van der Waals surface area contributed by atoms with Gasteiger partial charge in [0.2, 0.25) is 5.91 Å². The third-order valence-corrected chi connectivity index (χ3v) is 5.13. The second-order valence-electron chi connectivity index (χ2n) is 5.43. The van der Waals surface area contributed by atoms with Gasteiger partial charge in [-0.3, -0.25) is 4.79 Å². The summed E-state index contributed by atoms with van der Waals surface area (Å²) in [7, 11) is 0. The van der Waals surface area contributed by atoms with Gasteiger partial charge in [0.25, 0.3) is 0 Å². The molecule has 0 heterocycles. The predicted molar refractivity (Wildman–Crippen MR) is 117 cm³/mol. The normalized spacial score (nSPS) is 11.1. The number of nitrogens with one attached hydrogen (secondary N) is 1. The number of carbonyl (C=O) groups is 1. The minimum Gasteiger partial charge on any atom is -0.506 e. The van der Waals surface area contributed by atoms with Crippen molar-refractivity contribution in [1.29, 1.82) is 0 Å². The number of phenols is 1. The van der Waals surface area contributed by atoms with E-state index in [0.29, 0.717) is 5.56 Å². The second kappa shape index (κ2) is 8.13. The molecule has 126 valence electrons.